The Morgan fingerprint density at radius 1 is 1.08 bits per heavy atom. The number of hydrogen-bond donors (Lipinski definition) is 2. The van der Waals surface area contributed by atoms with Gasteiger partial charge in [-0.3, -0.25) is 9.59 Å². The van der Waals surface area contributed by atoms with E-state index in [0.29, 0.717) is 12.1 Å². The average Bonchev–Trinajstić information content (AvgIpc) is 2.56. The number of nitrogens with zero attached hydrogens (tertiary/aromatic N) is 1. The van der Waals surface area contributed by atoms with E-state index >= 15 is 0 Å². The first-order valence-electron chi connectivity index (χ1n) is 6.93. The predicted molar refractivity (Wildman–Crippen MR) is 81.7 cm³/mol. The fraction of sp³-hybridized carbons (Fsp3) is 0.0625. The first-order valence-corrected chi connectivity index (χ1v) is 6.93. The second kappa shape index (κ2) is 6.00. The predicted octanol–water partition coefficient (Wildman–Crippen LogP) is 3.33. The number of carbonyl (C=O) groups is 1. The van der Waals surface area contributed by atoms with Crippen molar-refractivity contribution >= 4 is 22.4 Å². The Morgan fingerprint density at radius 3 is 2.44 bits per heavy atom. The molecule has 128 valence electrons. The van der Waals surface area contributed by atoms with Crippen LogP contribution in [0.25, 0.3) is 10.8 Å². The number of alkyl halides is 3. The van der Waals surface area contributed by atoms with Crippen molar-refractivity contribution in [2.24, 2.45) is 0 Å². The van der Waals surface area contributed by atoms with E-state index < -0.39 is 29.0 Å². The first kappa shape index (κ1) is 16.6. The van der Waals surface area contributed by atoms with Crippen LogP contribution >= 0.6 is 0 Å². The monoisotopic (exact) mass is 351 g/mol. The SMILES string of the molecule is O=C(Nc1ccc(F)c(C(F)(F)F)c1)c1n[nH]c(=O)c2ccccc12. The number of hydrogen-bond acceptors (Lipinski definition) is 3. The maximum atomic E-state index is 13.3. The Kier molecular flexibility index (Phi) is 3.99. The Morgan fingerprint density at radius 2 is 1.76 bits per heavy atom. The third kappa shape index (κ3) is 3.21. The van der Waals surface area contributed by atoms with Crippen molar-refractivity contribution in [3.63, 3.8) is 0 Å². The van der Waals surface area contributed by atoms with Crippen LogP contribution in [0.3, 0.4) is 0 Å². The van der Waals surface area contributed by atoms with Crippen molar-refractivity contribution < 1.29 is 22.4 Å². The third-order valence-corrected chi connectivity index (χ3v) is 3.44. The topological polar surface area (TPSA) is 74.8 Å². The highest BCUT2D eigenvalue weighted by molar-refractivity contribution is 6.11. The van der Waals surface area contributed by atoms with Crippen molar-refractivity contribution in [2.75, 3.05) is 5.32 Å². The number of carbonyl (C=O) groups excluding carboxylic acids is 1. The molecule has 9 heteroatoms. The molecule has 0 bridgehead atoms. The van der Waals surface area contributed by atoms with E-state index in [2.05, 4.69) is 15.5 Å². The molecule has 0 atom stereocenters. The number of benzene rings is 2. The van der Waals surface area contributed by atoms with Gasteiger partial charge in [-0.15, -0.1) is 0 Å². The number of aromatic nitrogens is 2. The Balaban J connectivity index is 1.99. The molecule has 0 radical (unpaired) electrons. The average molecular weight is 351 g/mol. The van der Waals surface area contributed by atoms with E-state index in [4.69, 9.17) is 0 Å². The first-order chi connectivity index (χ1) is 11.8. The zero-order chi connectivity index (χ0) is 18.2. The Labute approximate surface area is 137 Å². The van der Waals surface area contributed by atoms with Gasteiger partial charge in [-0.25, -0.2) is 9.49 Å². The van der Waals surface area contributed by atoms with Crippen LogP contribution in [-0.4, -0.2) is 16.1 Å². The fourth-order valence-corrected chi connectivity index (χ4v) is 2.30. The maximum absolute atomic E-state index is 13.3. The number of H-pyrrole nitrogens is 1. The van der Waals surface area contributed by atoms with Gasteiger partial charge in [0, 0.05) is 11.1 Å². The van der Waals surface area contributed by atoms with Crippen LogP contribution < -0.4 is 10.9 Å². The molecule has 0 aliphatic heterocycles. The summed E-state index contributed by atoms with van der Waals surface area (Å²) < 4.78 is 51.5. The molecule has 1 amide bonds. The summed E-state index contributed by atoms with van der Waals surface area (Å²) in [5.74, 6) is -2.29. The van der Waals surface area contributed by atoms with Gasteiger partial charge in [-0.1, -0.05) is 18.2 Å². The van der Waals surface area contributed by atoms with Gasteiger partial charge in [0.1, 0.15) is 5.82 Å². The Hall–Kier alpha value is -3.23. The number of rotatable bonds is 2. The van der Waals surface area contributed by atoms with E-state index in [1.54, 1.807) is 12.1 Å². The quantitative estimate of drug-likeness (QED) is 0.696. The molecular weight excluding hydrogens is 342 g/mol. The summed E-state index contributed by atoms with van der Waals surface area (Å²) in [6, 6.07) is 8.23. The van der Waals surface area contributed by atoms with E-state index in [1.807, 2.05) is 0 Å². The van der Waals surface area contributed by atoms with Crippen LogP contribution in [0.15, 0.2) is 47.3 Å². The molecule has 0 aliphatic carbocycles. The summed E-state index contributed by atoms with van der Waals surface area (Å²) in [5, 5.41) is 8.46. The molecule has 3 aromatic rings. The van der Waals surface area contributed by atoms with Gasteiger partial charge < -0.3 is 5.32 Å². The molecule has 2 N–H and O–H groups in total. The van der Waals surface area contributed by atoms with Crippen molar-refractivity contribution in [1.29, 1.82) is 0 Å². The number of anilines is 1. The minimum absolute atomic E-state index is 0.173. The molecule has 0 saturated heterocycles. The molecule has 0 aliphatic rings. The molecule has 0 spiro atoms. The fourth-order valence-electron chi connectivity index (χ4n) is 2.30. The maximum Gasteiger partial charge on any atom is 0.419 e. The summed E-state index contributed by atoms with van der Waals surface area (Å²) in [5.41, 5.74) is -2.43. The summed E-state index contributed by atoms with van der Waals surface area (Å²) in [6.45, 7) is 0. The van der Waals surface area contributed by atoms with Crippen LogP contribution in [0.4, 0.5) is 23.2 Å². The van der Waals surface area contributed by atoms with Gasteiger partial charge >= 0.3 is 6.18 Å². The van der Waals surface area contributed by atoms with Crippen molar-refractivity contribution in [3.8, 4) is 0 Å². The van der Waals surface area contributed by atoms with E-state index in [9.17, 15) is 27.2 Å². The standard InChI is InChI=1S/C16H9F4N3O2/c17-12-6-5-8(7-11(12)16(18,19)20)21-15(25)13-9-3-1-2-4-10(9)14(24)23-22-13/h1-7H,(H,21,25)(H,23,24). The van der Waals surface area contributed by atoms with Crippen molar-refractivity contribution in [2.45, 2.75) is 6.18 Å². The van der Waals surface area contributed by atoms with E-state index in [1.165, 1.54) is 12.1 Å². The molecule has 1 heterocycles. The molecule has 0 saturated carbocycles. The molecular formula is C16H9F4N3O2. The van der Waals surface area contributed by atoms with Crippen LogP contribution in [-0.2, 0) is 6.18 Å². The van der Waals surface area contributed by atoms with E-state index in [-0.39, 0.29) is 22.2 Å². The van der Waals surface area contributed by atoms with Crippen LogP contribution in [0.5, 0.6) is 0 Å². The van der Waals surface area contributed by atoms with Crippen molar-refractivity contribution in [3.05, 3.63) is 69.9 Å². The summed E-state index contributed by atoms with van der Waals surface area (Å²) in [6.07, 6.45) is -4.90. The number of nitrogens with one attached hydrogen (secondary N) is 2. The summed E-state index contributed by atoms with van der Waals surface area (Å²) >= 11 is 0. The van der Waals surface area contributed by atoms with Crippen LogP contribution in [0.2, 0.25) is 0 Å². The molecule has 5 nitrogen and oxygen atoms in total. The number of halogens is 4. The molecule has 0 fully saturated rings. The highest BCUT2D eigenvalue weighted by atomic mass is 19.4. The van der Waals surface area contributed by atoms with E-state index in [0.717, 1.165) is 6.07 Å². The Bertz CT molecular complexity index is 1030. The normalized spacial score (nSPS) is 11.5. The summed E-state index contributed by atoms with van der Waals surface area (Å²) in [7, 11) is 0. The third-order valence-electron chi connectivity index (χ3n) is 3.44. The largest absolute Gasteiger partial charge is 0.419 e. The molecule has 25 heavy (non-hydrogen) atoms. The van der Waals surface area contributed by atoms with Gasteiger partial charge in [0.25, 0.3) is 11.5 Å². The van der Waals surface area contributed by atoms with Crippen LogP contribution in [0.1, 0.15) is 16.1 Å². The highest BCUT2D eigenvalue weighted by Crippen LogP contribution is 2.33. The number of fused-ring (bicyclic) bond motifs is 1. The van der Waals surface area contributed by atoms with Crippen LogP contribution in [0, 0.1) is 5.82 Å². The lowest BCUT2D eigenvalue weighted by molar-refractivity contribution is -0.139. The lowest BCUT2D eigenvalue weighted by Gasteiger charge is -2.11. The lowest BCUT2D eigenvalue weighted by Crippen LogP contribution is -2.19. The minimum Gasteiger partial charge on any atom is -0.321 e. The summed E-state index contributed by atoms with van der Waals surface area (Å²) in [4.78, 5) is 24.0. The lowest BCUT2D eigenvalue weighted by atomic mass is 10.1. The molecule has 3 rings (SSSR count). The van der Waals surface area contributed by atoms with Gasteiger partial charge in [0.15, 0.2) is 5.69 Å². The minimum atomic E-state index is -4.90. The molecule has 0 unspecified atom stereocenters. The number of amides is 1. The van der Waals surface area contributed by atoms with Gasteiger partial charge in [-0.2, -0.15) is 18.3 Å². The van der Waals surface area contributed by atoms with Gasteiger partial charge in [-0.05, 0) is 24.3 Å². The van der Waals surface area contributed by atoms with Gasteiger partial charge in [0.05, 0.1) is 10.9 Å². The zero-order valence-corrected chi connectivity index (χ0v) is 12.3. The number of aromatic amines is 1. The van der Waals surface area contributed by atoms with Crippen molar-refractivity contribution in [1.82, 2.24) is 10.2 Å². The van der Waals surface area contributed by atoms with Gasteiger partial charge in [0.2, 0.25) is 0 Å². The molecule has 1 aromatic heterocycles. The smallest absolute Gasteiger partial charge is 0.321 e. The molecule has 2 aromatic carbocycles. The highest BCUT2D eigenvalue weighted by Gasteiger charge is 2.34. The zero-order valence-electron chi connectivity index (χ0n) is 12.3. The second-order valence-corrected chi connectivity index (χ2v) is 5.09. The second-order valence-electron chi connectivity index (χ2n) is 5.09.